The van der Waals surface area contributed by atoms with E-state index < -0.39 is 0 Å². The van der Waals surface area contributed by atoms with Crippen molar-refractivity contribution < 1.29 is 9.90 Å². The molecule has 0 spiro atoms. The average molecular weight is 219 g/mol. The fraction of sp³-hybridized carbons (Fsp3) is 0.222. The Morgan fingerprint density at radius 2 is 2.15 bits per heavy atom. The van der Waals surface area contributed by atoms with Crippen LogP contribution in [0.5, 0.6) is 5.75 Å². The number of Topliss-reactive ketones (excluding diaryl/α,β-unsaturated/α-hetero) is 1. The summed E-state index contributed by atoms with van der Waals surface area (Å²) in [6.07, 6.45) is 0.219. The summed E-state index contributed by atoms with van der Waals surface area (Å²) in [5.74, 6) is -0.0206. The zero-order chi connectivity index (χ0) is 9.84. The smallest absolute Gasteiger partial charge is 0.167 e. The van der Waals surface area contributed by atoms with E-state index in [0.717, 1.165) is 0 Å². The van der Waals surface area contributed by atoms with Gasteiger partial charge in [-0.05, 0) is 18.2 Å². The first-order valence-electron chi connectivity index (χ1n) is 3.73. The number of rotatable bonds is 3. The molecule has 0 saturated heterocycles. The van der Waals surface area contributed by atoms with Gasteiger partial charge in [-0.25, -0.2) is 0 Å². The van der Waals surface area contributed by atoms with Crippen molar-refractivity contribution in [3.05, 3.63) is 28.8 Å². The summed E-state index contributed by atoms with van der Waals surface area (Å²) in [4.78, 5) is 11.3. The second-order valence-electron chi connectivity index (χ2n) is 2.52. The molecule has 4 heteroatoms. The number of benzene rings is 1. The molecule has 70 valence electrons. The molecule has 1 aromatic rings. The van der Waals surface area contributed by atoms with E-state index in [2.05, 4.69) is 0 Å². The number of alkyl halides is 1. The first-order valence-corrected chi connectivity index (χ1v) is 4.64. The third-order valence-electron chi connectivity index (χ3n) is 1.58. The Labute approximate surface area is 86.1 Å². The van der Waals surface area contributed by atoms with Gasteiger partial charge in [-0.1, -0.05) is 11.6 Å². The lowest BCUT2D eigenvalue weighted by Crippen LogP contribution is -1.99. The maximum absolute atomic E-state index is 11.3. The Bertz CT molecular complexity index is 323. The van der Waals surface area contributed by atoms with Crippen LogP contribution < -0.4 is 0 Å². The van der Waals surface area contributed by atoms with Crippen molar-refractivity contribution >= 4 is 29.0 Å². The molecule has 0 aliphatic rings. The van der Waals surface area contributed by atoms with Crippen molar-refractivity contribution in [3.63, 3.8) is 0 Å². The third kappa shape index (κ3) is 2.61. The first-order chi connectivity index (χ1) is 6.15. The highest BCUT2D eigenvalue weighted by atomic mass is 35.5. The molecule has 0 amide bonds. The Morgan fingerprint density at radius 3 is 2.69 bits per heavy atom. The van der Waals surface area contributed by atoms with Gasteiger partial charge in [0.25, 0.3) is 0 Å². The zero-order valence-electron chi connectivity index (χ0n) is 6.76. The molecule has 0 aromatic heterocycles. The van der Waals surface area contributed by atoms with Crippen molar-refractivity contribution in [2.24, 2.45) is 0 Å². The molecule has 0 heterocycles. The molecule has 0 saturated carbocycles. The summed E-state index contributed by atoms with van der Waals surface area (Å²) in [5, 5.41) is 9.74. The quantitative estimate of drug-likeness (QED) is 0.626. The van der Waals surface area contributed by atoms with Gasteiger partial charge in [-0.2, -0.15) is 0 Å². The first kappa shape index (κ1) is 10.4. The molecule has 0 atom stereocenters. The van der Waals surface area contributed by atoms with E-state index in [0.29, 0.717) is 5.02 Å². The molecule has 1 N–H and O–H groups in total. The molecule has 0 radical (unpaired) electrons. The van der Waals surface area contributed by atoms with Gasteiger partial charge in [0.1, 0.15) is 5.75 Å². The second kappa shape index (κ2) is 4.49. The molecule has 0 unspecified atom stereocenters. The van der Waals surface area contributed by atoms with Crippen LogP contribution in [0.1, 0.15) is 16.8 Å². The van der Waals surface area contributed by atoms with Crippen molar-refractivity contribution in [1.29, 1.82) is 0 Å². The predicted octanol–water partition coefficient (Wildman–Crippen LogP) is 2.86. The number of phenolic OH excluding ortho intramolecular Hbond substituents is 1. The summed E-state index contributed by atoms with van der Waals surface area (Å²) < 4.78 is 0. The van der Waals surface area contributed by atoms with Gasteiger partial charge in [-0.3, -0.25) is 4.79 Å². The molecule has 0 aliphatic heterocycles. The highest BCUT2D eigenvalue weighted by molar-refractivity contribution is 6.30. The van der Waals surface area contributed by atoms with Gasteiger partial charge < -0.3 is 5.11 Å². The Kier molecular flexibility index (Phi) is 3.58. The largest absolute Gasteiger partial charge is 0.507 e. The molecule has 2 nitrogen and oxygen atoms in total. The van der Waals surface area contributed by atoms with Crippen LogP contribution in [0.3, 0.4) is 0 Å². The maximum Gasteiger partial charge on any atom is 0.167 e. The number of aromatic hydroxyl groups is 1. The fourth-order valence-electron chi connectivity index (χ4n) is 0.961. The van der Waals surface area contributed by atoms with Crippen molar-refractivity contribution in [2.75, 3.05) is 5.88 Å². The lowest BCUT2D eigenvalue weighted by atomic mass is 10.1. The van der Waals surface area contributed by atoms with E-state index in [9.17, 15) is 9.90 Å². The van der Waals surface area contributed by atoms with Crippen LogP contribution in [-0.2, 0) is 0 Å². The van der Waals surface area contributed by atoms with Gasteiger partial charge in [0, 0.05) is 17.3 Å². The minimum absolute atomic E-state index is 0.0948. The van der Waals surface area contributed by atoms with Crippen LogP contribution in [0.15, 0.2) is 18.2 Å². The van der Waals surface area contributed by atoms with E-state index in [4.69, 9.17) is 23.2 Å². The van der Waals surface area contributed by atoms with E-state index in [1.165, 1.54) is 12.1 Å². The minimum atomic E-state index is -0.177. The van der Waals surface area contributed by atoms with E-state index in [-0.39, 0.29) is 29.4 Å². The lowest BCUT2D eigenvalue weighted by Gasteiger charge is -2.01. The topological polar surface area (TPSA) is 37.3 Å². The molecule has 0 fully saturated rings. The molecule has 0 bridgehead atoms. The molecule has 1 aromatic carbocycles. The number of carbonyl (C=O) groups is 1. The standard InChI is InChI=1S/C9H8Cl2O2/c10-4-3-8(12)7-2-1-6(11)5-9(7)13/h1-2,5,13H,3-4H2. The van der Waals surface area contributed by atoms with E-state index in [1.807, 2.05) is 0 Å². The molecular weight excluding hydrogens is 211 g/mol. The number of halogens is 2. The Morgan fingerprint density at radius 1 is 1.46 bits per heavy atom. The molecular formula is C9H8Cl2O2. The number of ketones is 1. The molecule has 1 rings (SSSR count). The predicted molar refractivity (Wildman–Crippen MR) is 52.8 cm³/mol. The van der Waals surface area contributed by atoms with Crippen LogP contribution in [0.4, 0.5) is 0 Å². The summed E-state index contributed by atoms with van der Waals surface area (Å²) >= 11 is 11.0. The summed E-state index contributed by atoms with van der Waals surface area (Å²) in [6.45, 7) is 0. The second-order valence-corrected chi connectivity index (χ2v) is 3.34. The Hall–Kier alpha value is -0.730. The van der Waals surface area contributed by atoms with Crippen molar-refractivity contribution in [2.45, 2.75) is 6.42 Å². The van der Waals surface area contributed by atoms with Crippen LogP contribution in [-0.4, -0.2) is 16.8 Å². The molecule has 13 heavy (non-hydrogen) atoms. The van der Waals surface area contributed by atoms with Crippen LogP contribution in [0, 0.1) is 0 Å². The number of hydrogen-bond donors (Lipinski definition) is 1. The maximum atomic E-state index is 11.3. The van der Waals surface area contributed by atoms with Crippen LogP contribution in [0.2, 0.25) is 5.02 Å². The number of hydrogen-bond acceptors (Lipinski definition) is 2. The van der Waals surface area contributed by atoms with Crippen molar-refractivity contribution in [3.8, 4) is 5.75 Å². The zero-order valence-corrected chi connectivity index (χ0v) is 8.27. The summed E-state index contributed by atoms with van der Waals surface area (Å²) in [6, 6.07) is 4.39. The van der Waals surface area contributed by atoms with E-state index >= 15 is 0 Å². The number of phenols is 1. The highest BCUT2D eigenvalue weighted by Gasteiger charge is 2.09. The van der Waals surface area contributed by atoms with Gasteiger partial charge in [0.05, 0.1) is 5.56 Å². The molecule has 0 aliphatic carbocycles. The van der Waals surface area contributed by atoms with Gasteiger partial charge >= 0.3 is 0 Å². The van der Waals surface area contributed by atoms with Crippen LogP contribution >= 0.6 is 23.2 Å². The Balaban J connectivity index is 2.95. The fourth-order valence-corrected chi connectivity index (χ4v) is 1.30. The summed E-state index contributed by atoms with van der Waals surface area (Å²) in [5.41, 5.74) is 0.269. The van der Waals surface area contributed by atoms with Gasteiger partial charge in [0.15, 0.2) is 5.78 Å². The van der Waals surface area contributed by atoms with Crippen LogP contribution in [0.25, 0.3) is 0 Å². The minimum Gasteiger partial charge on any atom is -0.507 e. The monoisotopic (exact) mass is 218 g/mol. The normalized spacial score (nSPS) is 10.0. The van der Waals surface area contributed by atoms with Gasteiger partial charge in [-0.15, -0.1) is 11.6 Å². The lowest BCUT2D eigenvalue weighted by molar-refractivity contribution is 0.0986. The summed E-state index contributed by atoms with van der Waals surface area (Å²) in [7, 11) is 0. The highest BCUT2D eigenvalue weighted by Crippen LogP contribution is 2.22. The average Bonchev–Trinajstić information content (AvgIpc) is 2.04. The van der Waals surface area contributed by atoms with Gasteiger partial charge in [0.2, 0.25) is 0 Å². The van der Waals surface area contributed by atoms with E-state index in [1.54, 1.807) is 6.07 Å². The van der Waals surface area contributed by atoms with Crippen molar-refractivity contribution in [1.82, 2.24) is 0 Å². The number of carbonyl (C=O) groups excluding carboxylic acids is 1. The third-order valence-corrected chi connectivity index (χ3v) is 2.01. The SMILES string of the molecule is O=C(CCCl)c1ccc(Cl)cc1O.